The molecule has 0 aliphatic heterocycles. The molecule has 4 rings (SSSR count). The Morgan fingerprint density at radius 3 is 2.48 bits per heavy atom. The van der Waals surface area contributed by atoms with E-state index in [0.29, 0.717) is 23.7 Å². The van der Waals surface area contributed by atoms with E-state index in [1.54, 1.807) is 53.7 Å². The molecule has 7 nitrogen and oxygen atoms in total. The first kappa shape index (κ1) is 18.4. The van der Waals surface area contributed by atoms with E-state index in [0.717, 1.165) is 5.56 Å². The van der Waals surface area contributed by atoms with Gasteiger partial charge < -0.3 is 10.1 Å². The van der Waals surface area contributed by atoms with Crippen LogP contribution >= 0.6 is 0 Å². The molecule has 0 fully saturated rings. The summed E-state index contributed by atoms with van der Waals surface area (Å²) in [5.74, 6) is 0.802. The average molecular weight is 385 g/mol. The maximum absolute atomic E-state index is 12.9. The molecule has 29 heavy (non-hydrogen) atoms. The lowest BCUT2D eigenvalue weighted by Gasteiger charge is -2.19. The molecular weight excluding hydrogens is 366 g/mol. The molecule has 1 atom stereocenters. The highest BCUT2D eigenvalue weighted by Gasteiger charge is 2.17. The molecule has 144 valence electrons. The molecule has 7 heteroatoms. The predicted octanol–water partition coefficient (Wildman–Crippen LogP) is 3.64. The van der Waals surface area contributed by atoms with Crippen molar-refractivity contribution < 1.29 is 9.53 Å². The van der Waals surface area contributed by atoms with Crippen LogP contribution in [0.15, 0.2) is 91.4 Å². The van der Waals surface area contributed by atoms with Gasteiger partial charge in [0.15, 0.2) is 0 Å². The van der Waals surface area contributed by atoms with Gasteiger partial charge in [0.05, 0.1) is 25.0 Å². The zero-order valence-corrected chi connectivity index (χ0v) is 15.6. The molecule has 0 aliphatic rings. The summed E-state index contributed by atoms with van der Waals surface area (Å²) in [4.78, 5) is 18.6. The largest absolute Gasteiger partial charge is 0.439 e. The third-order valence-corrected chi connectivity index (χ3v) is 4.28. The Bertz CT molecular complexity index is 1050. The van der Waals surface area contributed by atoms with E-state index in [1.165, 1.54) is 0 Å². The summed E-state index contributed by atoms with van der Waals surface area (Å²) in [6.45, 7) is 0.423. The fraction of sp³-hybridized carbons (Fsp3) is 0.0909. The van der Waals surface area contributed by atoms with E-state index in [2.05, 4.69) is 20.5 Å². The topological polar surface area (TPSA) is 81.9 Å². The van der Waals surface area contributed by atoms with Crippen LogP contribution in [0.1, 0.15) is 22.0 Å². The third-order valence-electron chi connectivity index (χ3n) is 4.28. The van der Waals surface area contributed by atoms with Crippen LogP contribution in [0.3, 0.4) is 0 Å². The average Bonchev–Trinajstić information content (AvgIpc) is 3.28. The number of carbonyl (C=O) groups is 1. The zero-order valence-electron chi connectivity index (χ0n) is 15.6. The molecule has 0 bridgehead atoms. The van der Waals surface area contributed by atoms with Gasteiger partial charge in [-0.05, 0) is 29.8 Å². The van der Waals surface area contributed by atoms with Gasteiger partial charge in [0.25, 0.3) is 5.91 Å². The van der Waals surface area contributed by atoms with Crippen molar-refractivity contribution >= 4 is 5.91 Å². The third kappa shape index (κ3) is 4.84. The quantitative estimate of drug-likeness (QED) is 0.525. The second-order valence-corrected chi connectivity index (χ2v) is 6.32. The Morgan fingerprint density at radius 1 is 0.931 bits per heavy atom. The Hall–Kier alpha value is -4.00. The Kier molecular flexibility index (Phi) is 5.57. The van der Waals surface area contributed by atoms with E-state index in [-0.39, 0.29) is 11.9 Å². The van der Waals surface area contributed by atoms with Gasteiger partial charge in [0.1, 0.15) is 5.75 Å². The second-order valence-electron chi connectivity index (χ2n) is 6.32. The van der Waals surface area contributed by atoms with Crippen LogP contribution in [0, 0.1) is 0 Å². The maximum Gasteiger partial charge on any atom is 0.251 e. The van der Waals surface area contributed by atoms with Crippen molar-refractivity contribution in [3.63, 3.8) is 0 Å². The number of rotatable bonds is 7. The van der Waals surface area contributed by atoms with Gasteiger partial charge in [-0.1, -0.05) is 42.5 Å². The van der Waals surface area contributed by atoms with Crippen molar-refractivity contribution in [2.45, 2.75) is 12.6 Å². The summed E-state index contributed by atoms with van der Waals surface area (Å²) in [7, 11) is 0. The van der Waals surface area contributed by atoms with Crippen LogP contribution in [0.5, 0.6) is 11.6 Å². The van der Waals surface area contributed by atoms with E-state index >= 15 is 0 Å². The summed E-state index contributed by atoms with van der Waals surface area (Å²) in [5.41, 5.74) is 1.46. The van der Waals surface area contributed by atoms with Crippen LogP contribution in [-0.4, -0.2) is 25.9 Å². The number of nitrogens with zero attached hydrogens (tertiary/aromatic N) is 4. The van der Waals surface area contributed by atoms with Gasteiger partial charge in [0, 0.05) is 17.8 Å². The Balaban J connectivity index is 1.52. The Morgan fingerprint density at radius 2 is 1.72 bits per heavy atom. The summed E-state index contributed by atoms with van der Waals surface area (Å²) in [6.07, 6.45) is 4.88. The van der Waals surface area contributed by atoms with Gasteiger partial charge >= 0.3 is 0 Å². The van der Waals surface area contributed by atoms with Crippen molar-refractivity contribution in [1.82, 2.24) is 25.3 Å². The standard InChI is InChI=1S/C22H19N5O2/c28-22(18-9-6-10-19(15-18)29-21-11-4-5-12-23-21)26-20(16-27-24-13-14-25-27)17-7-2-1-3-8-17/h1-15,20H,16H2,(H,26,28)/t20-/m0/s1. The minimum Gasteiger partial charge on any atom is -0.439 e. The van der Waals surface area contributed by atoms with E-state index in [4.69, 9.17) is 4.74 Å². The molecule has 0 spiro atoms. The molecule has 4 aromatic rings. The highest BCUT2D eigenvalue weighted by molar-refractivity contribution is 5.94. The van der Waals surface area contributed by atoms with Crippen molar-refractivity contribution in [3.8, 4) is 11.6 Å². The van der Waals surface area contributed by atoms with Crippen LogP contribution in [0.4, 0.5) is 0 Å². The molecule has 2 aromatic carbocycles. The number of amides is 1. The number of benzene rings is 2. The van der Waals surface area contributed by atoms with Crippen molar-refractivity contribution in [2.75, 3.05) is 0 Å². The van der Waals surface area contributed by atoms with Crippen molar-refractivity contribution in [1.29, 1.82) is 0 Å². The highest BCUT2D eigenvalue weighted by atomic mass is 16.5. The van der Waals surface area contributed by atoms with Crippen LogP contribution in [0.25, 0.3) is 0 Å². The molecular formula is C22H19N5O2. The van der Waals surface area contributed by atoms with Gasteiger partial charge in [-0.3, -0.25) is 4.79 Å². The monoisotopic (exact) mass is 385 g/mol. The molecule has 0 radical (unpaired) electrons. The SMILES string of the molecule is O=C(N[C@@H](Cn1nccn1)c1ccccc1)c1cccc(Oc2ccccn2)c1. The van der Waals surface area contributed by atoms with Crippen LogP contribution < -0.4 is 10.1 Å². The van der Waals surface area contributed by atoms with Gasteiger partial charge in [-0.15, -0.1) is 0 Å². The minimum absolute atomic E-state index is 0.211. The van der Waals surface area contributed by atoms with Crippen LogP contribution in [-0.2, 0) is 6.54 Å². The lowest BCUT2D eigenvalue weighted by Crippen LogP contribution is -2.32. The summed E-state index contributed by atoms with van der Waals surface area (Å²) >= 11 is 0. The lowest BCUT2D eigenvalue weighted by molar-refractivity contribution is 0.0930. The lowest BCUT2D eigenvalue weighted by atomic mass is 10.1. The fourth-order valence-electron chi connectivity index (χ4n) is 2.89. The molecule has 0 unspecified atom stereocenters. The fourth-order valence-corrected chi connectivity index (χ4v) is 2.89. The number of hydrogen-bond acceptors (Lipinski definition) is 5. The number of carbonyl (C=O) groups excluding carboxylic acids is 1. The van der Waals surface area contributed by atoms with Gasteiger partial charge in [-0.25, -0.2) is 4.98 Å². The molecule has 2 aromatic heterocycles. The first-order valence-corrected chi connectivity index (χ1v) is 9.17. The zero-order chi connectivity index (χ0) is 19.9. The molecule has 1 amide bonds. The predicted molar refractivity (Wildman–Crippen MR) is 107 cm³/mol. The van der Waals surface area contributed by atoms with Crippen molar-refractivity contribution in [3.05, 3.63) is 103 Å². The number of pyridine rings is 1. The molecule has 0 aliphatic carbocycles. The first-order valence-electron chi connectivity index (χ1n) is 9.17. The van der Waals surface area contributed by atoms with E-state index < -0.39 is 0 Å². The van der Waals surface area contributed by atoms with Crippen LogP contribution in [0.2, 0.25) is 0 Å². The smallest absolute Gasteiger partial charge is 0.251 e. The Labute approximate surface area is 168 Å². The maximum atomic E-state index is 12.9. The molecule has 0 saturated heterocycles. The second kappa shape index (κ2) is 8.79. The molecule has 1 N–H and O–H groups in total. The van der Waals surface area contributed by atoms with E-state index in [9.17, 15) is 4.79 Å². The van der Waals surface area contributed by atoms with Gasteiger partial charge in [-0.2, -0.15) is 15.0 Å². The number of ether oxygens (including phenoxy) is 1. The summed E-state index contributed by atoms with van der Waals surface area (Å²) in [6, 6.07) is 21.9. The number of hydrogen-bond donors (Lipinski definition) is 1. The van der Waals surface area contributed by atoms with E-state index in [1.807, 2.05) is 42.5 Å². The molecule has 0 saturated carbocycles. The summed E-state index contributed by atoms with van der Waals surface area (Å²) < 4.78 is 5.73. The van der Waals surface area contributed by atoms with Gasteiger partial charge in [0.2, 0.25) is 5.88 Å². The highest BCUT2D eigenvalue weighted by Crippen LogP contribution is 2.21. The summed E-state index contributed by atoms with van der Waals surface area (Å²) in [5, 5.41) is 11.4. The number of aromatic nitrogens is 4. The first-order chi connectivity index (χ1) is 14.3. The molecule has 2 heterocycles. The minimum atomic E-state index is -0.281. The number of nitrogens with one attached hydrogen (secondary N) is 1. The van der Waals surface area contributed by atoms with Crippen molar-refractivity contribution in [2.24, 2.45) is 0 Å². The normalized spacial score (nSPS) is 11.6.